The highest BCUT2D eigenvalue weighted by Crippen LogP contribution is 2.44. The minimum Gasteiger partial charge on any atom is -0.462 e. The summed E-state index contributed by atoms with van der Waals surface area (Å²) in [5, 5.41) is 9.76. The second-order valence-corrected chi connectivity index (χ2v) is 18.8. The van der Waals surface area contributed by atoms with Crippen LogP contribution in [0.3, 0.4) is 0 Å². The smallest absolute Gasteiger partial charge is 0.462 e. The third-order valence-corrected chi connectivity index (χ3v) is 11.5. The Balaban J connectivity index is 2.38. The summed E-state index contributed by atoms with van der Waals surface area (Å²) in [6.45, 7) is 1.66. The van der Waals surface area contributed by atoms with Gasteiger partial charge in [0.25, 0.3) is 0 Å². The number of hydrogen-bond donors (Lipinski definition) is 4. The van der Waals surface area contributed by atoms with Crippen molar-refractivity contribution in [3.8, 4) is 0 Å². The fourth-order valence-electron chi connectivity index (χ4n) is 6.38. The van der Waals surface area contributed by atoms with E-state index in [2.05, 4.69) is 60.9 Å². The Morgan fingerprint density at radius 3 is 1.63 bits per heavy atom. The summed E-state index contributed by atoms with van der Waals surface area (Å²) in [6, 6.07) is 0. The number of phosphoric acid groups is 2. The van der Waals surface area contributed by atoms with Gasteiger partial charge in [-0.3, -0.25) is 23.2 Å². The van der Waals surface area contributed by atoms with Crippen LogP contribution < -0.4 is 0 Å². The maximum atomic E-state index is 12.7. The summed E-state index contributed by atoms with van der Waals surface area (Å²) in [6.07, 6.45) is 41.2. The van der Waals surface area contributed by atoms with Gasteiger partial charge in [0.1, 0.15) is 12.7 Å². The maximum absolute atomic E-state index is 12.7. The molecule has 1 fully saturated rings. The highest BCUT2D eigenvalue weighted by Gasteiger charge is 2.36. The number of hydrogen-bond acceptors (Lipinski definition) is 11. The highest BCUT2D eigenvalue weighted by atomic mass is 31.2. The van der Waals surface area contributed by atoms with Crippen LogP contribution in [0.4, 0.5) is 0 Å². The zero-order valence-corrected chi connectivity index (χ0v) is 39.7. The first-order chi connectivity index (χ1) is 29.8. The van der Waals surface area contributed by atoms with Crippen molar-refractivity contribution in [3.05, 3.63) is 48.6 Å². The summed E-state index contributed by atoms with van der Waals surface area (Å²) >= 11 is 0. The largest absolute Gasteiger partial charge is 0.472 e. The molecule has 360 valence electrons. The van der Waals surface area contributed by atoms with Gasteiger partial charge in [-0.25, -0.2) is 9.13 Å². The topological polar surface area (TPSA) is 208 Å². The average Bonchev–Trinajstić information content (AvgIpc) is 3.99. The Morgan fingerprint density at radius 2 is 1.00 bits per heavy atom. The number of phosphoric ester groups is 2. The average molecular weight is 921 g/mol. The molecule has 16 heteroatoms. The van der Waals surface area contributed by atoms with E-state index in [1.54, 1.807) is 0 Å². The van der Waals surface area contributed by atoms with Crippen molar-refractivity contribution < 1.29 is 66.3 Å². The third-order valence-electron chi connectivity index (χ3n) is 10.1. The fraction of sp³-hybridized carbons (Fsp3) is 0.783. The van der Waals surface area contributed by atoms with Gasteiger partial charge >= 0.3 is 27.6 Å². The molecule has 0 aromatic carbocycles. The van der Waals surface area contributed by atoms with E-state index in [0.717, 1.165) is 57.8 Å². The lowest BCUT2D eigenvalue weighted by atomic mass is 10.1. The van der Waals surface area contributed by atoms with E-state index in [1.807, 2.05) is 6.08 Å². The van der Waals surface area contributed by atoms with Gasteiger partial charge in [0.2, 0.25) is 0 Å². The number of carbonyl (C=O) groups excluding carboxylic acids is 2. The standard InChI is InChI=1S/C46H82O14P2/c1-3-5-7-9-11-13-14-15-16-17-18-19-20-22-24-26-32-36-46(49)59-42(40-58-62(53,54)57-38-41(47)37-56-61(50,51)52)39-55-45(48)35-31-28-27-30-34-44-43(60-44)33-29-25-23-21-12-10-8-6-4-2/h12,15-16,21,25,27,29-30,41-44,47H,3-11,13-14,17-20,22-24,26,28,31-40H2,1-2H3,(H,53,54)(H2,50,51,52)/b16-15-,21-12-,29-25-,30-27-/t41-,42+,43?,44?/m0/s1. The lowest BCUT2D eigenvalue weighted by molar-refractivity contribution is -0.161. The van der Waals surface area contributed by atoms with Crippen molar-refractivity contribution >= 4 is 27.6 Å². The van der Waals surface area contributed by atoms with Gasteiger partial charge in [-0.2, -0.15) is 0 Å². The van der Waals surface area contributed by atoms with Crippen LogP contribution in [0.25, 0.3) is 0 Å². The van der Waals surface area contributed by atoms with Crippen molar-refractivity contribution in [2.45, 2.75) is 205 Å². The molecule has 1 rings (SSSR count). The summed E-state index contributed by atoms with van der Waals surface area (Å²) in [4.78, 5) is 52.8. The van der Waals surface area contributed by atoms with Crippen LogP contribution in [0.15, 0.2) is 48.6 Å². The summed E-state index contributed by atoms with van der Waals surface area (Å²) in [5.74, 6) is -1.11. The molecule has 3 unspecified atom stereocenters. The molecule has 0 aromatic heterocycles. The van der Waals surface area contributed by atoms with Crippen LogP contribution in [0.2, 0.25) is 0 Å². The second kappa shape index (κ2) is 38.3. The Kier molecular flexibility index (Phi) is 35.9. The van der Waals surface area contributed by atoms with E-state index < -0.39 is 66.2 Å². The van der Waals surface area contributed by atoms with Crippen LogP contribution in [0.1, 0.15) is 181 Å². The predicted molar refractivity (Wildman–Crippen MR) is 243 cm³/mol. The Bertz CT molecular complexity index is 1350. The monoisotopic (exact) mass is 921 g/mol. The number of rotatable bonds is 43. The molecule has 4 N–H and O–H groups in total. The van der Waals surface area contributed by atoms with Gasteiger partial charge in [0.05, 0.1) is 32.0 Å². The van der Waals surface area contributed by atoms with Crippen LogP contribution in [0.5, 0.6) is 0 Å². The Labute approximate surface area is 373 Å². The molecule has 1 heterocycles. The molecule has 1 aliphatic rings. The molecule has 5 atom stereocenters. The van der Waals surface area contributed by atoms with Gasteiger partial charge in [0.15, 0.2) is 6.10 Å². The first-order valence-corrected chi connectivity index (χ1v) is 26.5. The summed E-state index contributed by atoms with van der Waals surface area (Å²) < 4.78 is 53.6. The molecule has 1 saturated heterocycles. The van der Waals surface area contributed by atoms with Crippen molar-refractivity contribution in [2.24, 2.45) is 0 Å². The molecule has 0 amide bonds. The van der Waals surface area contributed by atoms with Gasteiger partial charge in [-0.1, -0.05) is 140 Å². The van der Waals surface area contributed by atoms with E-state index in [9.17, 15) is 28.7 Å². The first-order valence-electron chi connectivity index (χ1n) is 23.5. The first kappa shape index (κ1) is 58.1. The predicted octanol–water partition coefficient (Wildman–Crippen LogP) is 11.2. The van der Waals surface area contributed by atoms with Crippen molar-refractivity contribution in [1.29, 1.82) is 0 Å². The number of ether oxygens (including phenoxy) is 3. The summed E-state index contributed by atoms with van der Waals surface area (Å²) in [5.41, 5.74) is 0. The van der Waals surface area contributed by atoms with E-state index in [0.29, 0.717) is 19.3 Å². The number of aliphatic hydroxyl groups is 1. The molecular weight excluding hydrogens is 838 g/mol. The quantitative estimate of drug-likeness (QED) is 0.0148. The zero-order valence-electron chi connectivity index (χ0n) is 37.9. The molecular formula is C46H82O14P2. The number of esters is 2. The van der Waals surface area contributed by atoms with E-state index in [1.165, 1.54) is 77.0 Å². The van der Waals surface area contributed by atoms with E-state index in [4.69, 9.17) is 33.0 Å². The minimum atomic E-state index is -4.87. The van der Waals surface area contributed by atoms with Crippen molar-refractivity contribution in [3.63, 3.8) is 0 Å². The lowest BCUT2D eigenvalue weighted by Crippen LogP contribution is -2.30. The highest BCUT2D eigenvalue weighted by molar-refractivity contribution is 7.47. The van der Waals surface area contributed by atoms with E-state index in [-0.39, 0.29) is 25.0 Å². The van der Waals surface area contributed by atoms with E-state index >= 15 is 0 Å². The normalized spacial score (nSPS) is 17.6. The van der Waals surface area contributed by atoms with Gasteiger partial charge in [-0.15, -0.1) is 0 Å². The molecule has 0 bridgehead atoms. The lowest BCUT2D eigenvalue weighted by Gasteiger charge is -2.20. The molecule has 0 aliphatic carbocycles. The number of carbonyl (C=O) groups is 2. The number of allylic oxidation sites excluding steroid dienone is 6. The number of epoxide rings is 1. The maximum Gasteiger partial charge on any atom is 0.472 e. The van der Waals surface area contributed by atoms with Crippen molar-refractivity contribution in [1.82, 2.24) is 0 Å². The Morgan fingerprint density at radius 1 is 0.548 bits per heavy atom. The minimum absolute atomic E-state index is 0.110. The molecule has 0 saturated carbocycles. The summed E-state index contributed by atoms with van der Waals surface area (Å²) in [7, 11) is -9.70. The molecule has 0 spiro atoms. The second-order valence-electron chi connectivity index (χ2n) is 16.1. The molecule has 14 nitrogen and oxygen atoms in total. The third kappa shape index (κ3) is 38.5. The molecule has 62 heavy (non-hydrogen) atoms. The Hall–Kier alpha value is -1.96. The van der Waals surface area contributed by atoms with Gasteiger partial charge < -0.3 is 34.0 Å². The number of aliphatic hydroxyl groups excluding tert-OH is 1. The molecule has 0 aromatic rings. The fourth-order valence-corrected chi connectivity index (χ4v) is 7.53. The SMILES string of the molecule is CCCCC/C=C\C/C=C\CC1OC1C/C=C\CCCC(=O)OC[C@H](COP(=O)(O)OC[C@@H](O)COP(=O)(O)O)OC(=O)CCCCCCCCC/C=C\CCCCCCCC. The van der Waals surface area contributed by atoms with Gasteiger partial charge in [-0.05, 0) is 77.0 Å². The van der Waals surface area contributed by atoms with Gasteiger partial charge in [0, 0.05) is 12.8 Å². The number of unbranched alkanes of at least 4 members (excludes halogenated alkanes) is 17. The van der Waals surface area contributed by atoms with Crippen LogP contribution in [-0.4, -0.2) is 82.6 Å². The molecule has 1 aliphatic heterocycles. The van der Waals surface area contributed by atoms with Crippen LogP contribution >= 0.6 is 15.6 Å². The van der Waals surface area contributed by atoms with Crippen molar-refractivity contribution in [2.75, 3.05) is 26.4 Å². The van der Waals surface area contributed by atoms with Crippen LogP contribution in [-0.2, 0) is 46.5 Å². The zero-order chi connectivity index (χ0) is 45.6. The van der Waals surface area contributed by atoms with Crippen LogP contribution in [0, 0.1) is 0 Å². The molecule has 0 radical (unpaired) electrons.